The van der Waals surface area contributed by atoms with Gasteiger partial charge in [-0.3, -0.25) is 5.43 Å². The van der Waals surface area contributed by atoms with Crippen LogP contribution in [0.4, 0.5) is 23.0 Å². The van der Waals surface area contributed by atoms with Crippen LogP contribution in [-0.2, 0) is 0 Å². The van der Waals surface area contributed by atoms with Gasteiger partial charge in [0.15, 0.2) is 11.7 Å². The Morgan fingerprint density at radius 3 is 1.85 bits per heavy atom. The molecule has 0 amide bonds. The lowest BCUT2D eigenvalue weighted by Crippen LogP contribution is -2.34. The fraction of sp³-hybridized carbons (Fsp3) is 0.200. The summed E-state index contributed by atoms with van der Waals surface area (Å²) < 4.78 is 0. The Balaban J connectivity index is 1.36. The van der Waals surface area contributed by atoms with E-state index in [4.69, 9.17) is 0 Å². The Kier molecular flexibility index (Phi) is 9.79. The maximum atomic E-state index is 4.44. The third-order valence-corrected chi connectivity index (χ3v) is 5.61. The molecule has 0 unspecified atom stereocenters. The summed E-state index contributed by atoms with van der Waals surface area (Å²) in [6.45, 7) is 8.13. The van der Waals surface area contributed by atoms with E-state index in [1.54, 1.807) is 18.5 Å². The van der Waals surface area contributed by atoms with E-state index in [0.717, 1.165) is 22.5 Å². The van der Waals surface area contributed by atoms with Crippen LogP contribution in [-0.4, -0.2) is 26.4 Å². The van der Waals surface area contributed by atoms with Crippen LogP contribution in [0.5, 0.6) is 0 Å². The Morgan fingerprint density at radius 1 is 0.700 bits per heavy atom. The monoisotopic (exact) mass is 533 g/mol. The van der Waals surface area contributed by atoms with Crippen molar-refractivity contribution < 1.29 is 4.79 Å². The average Bonchev–Trinajstić information content (AvgIpc) is 2.98. The van der Waals surface area contributed by atoms with Gasteiger partial charge in [0.25, 0.3) is 0 Å². The minimum Gasteiger partial charge on any atom is -0.277 e. The van der Waals surface area contributed by atoms with E-state index < -0.39 is 0 Å². The Labute approximate surface area is 234 Å². The SMILES string of the molecule is CC(C)C(=[N+]=Nc1ccccn1)NNc1ccc(-c2ccc(N/N=C(\N=Nc3ccccn3)C(C)C)cc2)cc1. The third-order valence-electron chi connectivity index (χ3n) is 5.61. The van der Waals surface area contributed by atoms with E-state index >= 15 is 0 Å². The normalized spacial score (nSPS) is 11.4. The quantitative estimate of drug-likeness (QED) is 0.0686. The largest absolute Gasteiger partial charge is 0.400 e. The Hall–Kier alpha value is -5.21. The molecule has 0 aliphatic heterocycles. The van der Waals surface area contributed by atoms with Crippen molar-refractivity contribution in [3.8, 4) is 11.1 Å². The first-order valence-electron chi connectivity index (χ1n) is 13.1. The number of hydrazine groups is 1. The standard InChI is InChI=1S/C30H32N10/c1-21(2)29(39-35-27-9-5-7-19-31-27)37-33-25-15-11-23(12-16-25)24-13-17-26(18-14-24)34-38-30(22(3)4)40-36-28-10-6-8-20-32-28/h5-22H,1-4H3,(H2,31,32,33,34,35,36,37,38,39,40)/p+1. The van der Waals surface area contributed by atoms with Gasteiger partial charge in [-0.05, 0) is 73.5 Å². The molecular formula is C30H33N10+. The Bertz CT molecular complexity index is 1470. The average molecular weight is 534 g/mol. The molecule has 0 saturated heterocycles. The van der Waals surface area contributed by atoms with Crippen molar-refractivity contribution in [1.29, 1.82) is 0 Å². The number of aromatic nitrogens is 2. The van der Waals surface area contributed by atoms with Gasteiger partial charge in [-0.1, -0.05) is 55.0 Å². The van der Waals surface area contributed by atoms with Crippen LogP contribution in [0.1, 0.15) is 27.7 Å². The highest BCUT2D eigenvalue weighted by atomic mass is 15.4. The van der Waals surface area contributed by atoms with Crippen molar-refractivity contribution >= 4 is 34.7 Å². The summed E-state index contributed by atoms with van der Waals surface area (Å²) in [5.74, 6) is 2.64. The number of rotatable bonds is 9. The first-order valence-corrected chi connectivity index (χ1v) is 13.1. The number of nitrogens with zero attached hydrogens (tertiary/aromatic N) is 7. The molecule has 3 N–H and O–H groups in total. The lowest BCUT2D eigenvalue weighted by Gasteiger charge is -2.08. The van der Waals surface area contributed by atoms with Gasteiger partial charge >= 0.3 is 5.84 Å². The number of hydrazone groups is 1. The number of nitrogens with one attached hydrogen (secondary N) is 3. The predicted molar refractivity (Wildman–Crippen MR) is 160 cm³/mol. The van der Waals surface area contributed by atoms with Crippen molar-refractivity contribution in [3.63, 3.8) is 0 Å². The molecule has 4 aromatic rings. The van der Waals surface area contributed by atoms with E-state index in [0.29, 0.717) is 23.3 Å². The second-order valence-electron chi connectivity index (χ2n) is 9.46. The van der Waals surface area contributed by atoms with Gasteiger partial charge in [0.2, 0.25) is 5.82 Å². The smallest absolute Gasteiger partial charge is 0.277 e. The molecule has 10 heteroatoms. The molecule has 0 atom stereocenters. The van der Waals surface area contributed by atoms with E-state index in [1.165, 1.54) is 0 Å². The van der Waals surface area contributed by atoms with Gasteiger partial charge in [-0.15, -0.1) is 10.2 Å². The highest BCUT2D eigenvalue weighted by Crippen LogP contribution is 2.23. The maximum absolute atomic E-state index is 4.44. The van der Waals surface area contributed by atoms with Crippen molar-refractivity contribution in [2.45, 2.75) is 27.7 Å². The van der Waals surface area contributed by atoms with E-state index in [9.17, 15) is 0 Å². The lowest BCUT2D eigenvalue weighted by molar-refractivity contribution is -0.0875. The number of hydrogen-bond acceptors (Lipinski definition) is 7. The first-order chi connectivity index (χ1) is 19.5. The number of anilines is 2. The summed E-state index contributed by atoms with van der Waals surface area (Å²) in [4.78, 5) is 12.7. The predicted octanol–water partition coefficient (Wildman–Crippen LogP) is 7.27. The molecule has 0 aliphatic rings. The molecule has 0 aliphatic carbocycles. The molecule has 4 rings (SSSR count). The van der Waals surface area contributed by atoms with Crippen LogP contribution in [0.3, 0.4) is 0 Å². The zero-order valence-electron chi connectivity index (χ0n) is 23.0. The van der Waals surface area contributed by atoms with Gasteiger partial charge < -0.3 is 0 Å². The van der Waals surface area contributed by atoms with Crippen LogP contribution in [0.15, 0.2) is 118 Å². The third kappa shape index (κ3) is 8.41. The second kappa shape index (κ2) is 14.1. The van der Waals surface area contributed by atoms with E-state index in [2.05, 4.69) is 63.6 Å². The zero-order chi connectivity index (χ0) is 28.2. The van der Waals surface area contributed by atoms with Crippen LogP contribution in [0, 0.1) is 11.8 Å². The van der Waals surface area contributed by atoms with Crippen LogP contribution in [0.25, 0.3) is 11.1 Å². The molecule has 2 heterocycles. The summed E-state index contributed by atoms with van der Waals surface area (Å²) in [7, 11) is 0. The van der Waals surface area contributed by atoms with E-state index in [1.807, 2.05) is 94.4 Å². The van der Waals surface area contributed by atoms with Crippen molar-refractivity contribution in [2.24, 2.45) is 32.3 Å². The zero-order valence-corrected chi connectivity index (χ0v) is 23.0. The minimum absolute atomic E-state index is 0.0963. The van der Waals surface area contributed by atoms with Gasteiger partial charge in [0, 0.05) is 23.4 Å². The van der Waals surface area contributed by atoms with Crippen LogP contribution >= 0.6 is 0 Å². The van der Waals surface area contributed by atoms with E-state index in [-0.39, 0.29) is 11.8 Å². The van der Waals surface area contributed by atoms with Crippen LogP contribution in [0.2, 0.25) is 0 Å². The molecule has 0 bridgehead atoms. The molecule has 0 radical (unpaired) electrons. The fourth-order valence-corrected chi connectivity index (χ4v) is 3.33. The maximum Gasteiger partial charge on any atom is 0.400 e. The summed E-state index contributed by atoms with van der Waals surface area (Å²) in [6.07, 6.45) is 3.37. The van der Waals surface area contributed by atoms with Gasteiger partial charge in [0.1, 0.15) is 0 Å². The number of pyridine rings is 2. The molecule has 2 aromatic carbocycles. The van der Waals surface area contributed by atoms with Crippen molar-refractivity contribution in [2.75, 3.05) is 10.9 Å². The summed E-state index contributed by atoms with van der Waals surface area (Å²) in [5.41, 5.74) is 13.4. The fourth-order valence-electron chi connectivity index (χ4n) is 3.33. The topological polar surface area (TPSA) is 125 Å². The number of amidine groups is 2. The number of hydrogen-bond donors (Lipinski definition) is 3. The first kappa shape index (κ1) is 27.8. The molecular weight excluding hydrogens is 500 g/mol. The molecule has 2 aromatic heterocycles. The van der Waals surface area contributed by atoms with Crippen LogP contribution < -0.4 is 16.3 Å². The summed E-state index contributed by atoms with van der Waals surface area (Å²) in [6, 6.07) is 27.2. The molecule has 202 valence electrons. The Morgan fingerprint density at radius 2 is 1.30 bits per heavy atom. The summed E-state index contributed by atoms with van der Waals surface area (Å²) >= 11 is 0. The summed E-state index contributed by atoms with van der Waals surface area (Å²) in [5, 5.41) is 17.1. The minimum atomic E-state index is 0.0963. The highest BCUT2D eigenvalue weighted by Gasteiger charge is 2.15. The molecule has 0 fully saturated rings. The van der Waals surface area contributed by atoms with Crippen molar-refractivity contribution in [3.05, 3.63) is 97.3 Å². The van der Waals surface area contributed by atoms with Gasteiger partial charge in [0.05, 0.1) is 17.3 Å². The molecule has 0 spiro atoms. The highest BCUT2D eigenvalue weighted by molar-refractivity contribution is 5.85. The molecule has 10 nitrogen and oxygen atoms in total. The molecule has 40 heavy (non-hydrogen) atoms. The number of benzene rings is 2. The second-order valence-corrected chi connectivity index (χ2v) is 9.46. The van der Waals surface area contributed by atoms with Gasteiger partial charge in [-0.2, -0.15) is 10.5 Å². The van der Waals surface area contributed by atoms with Crippen molar-refractivity contribution in [1.82, 2.24) is 15.4 Å². The van der Waals surface area contributed by atoms with Gasteiger partial charge in [-0.25, -0.2) is 15.4 Å². The number of azo groups is 1. The molecule has 0 saturated carbocycles. The lowest BCUT2D eigenvalue weighted by atomic mass is 10.1.